The van der Waals surface area contributed by atoms with Crippen LogP contribution in [0.1, 0.15) is 60.8 Å². The van der Waals surface area contributed by atoms with Crippen molar-refractivity contribution in [3.63, 3.8) is 0 Å². The molecular weight excluding hydrogens is 384 g/mol. The zero-order chi connectivity index (χ0) is 21.4. The smallest absolute Gasteiger partial charge is 0.148 e. The second-order valence-corrected chi connectivity index (χ2v) is 10.9. The molecule has 6 heteroatoms. The summed E-state index contributed by atoms with van der Waals surface area (Å²) in [5.41, 5.74) is 3.39. The fraction of sp³-hybridized carbons (Fsp3) is 0.565. The number of benzene rings is 1. The number of nitrogens with zero attached hydrogens (tertiary/aromatic N) is 2. The van der Waals surface area contributed by atoms with Crippen LogP contribution in [0.25, 0.3) is 0 Å². The lowest BCUT2D eigenvalue weighted by Crippen LogP contribution is -2.48. The van der Waals surface area contributed by atoms with Crippen LogP contribution in [0.15, 0.2) is 16.5 Å². The third-order valence-electron chi connectivity index (χ3n) is 6.50. The number of hydrogen-bond donors (Lipinski definition) is 0. The van der Waals surface area contributed by atoms with Gasteiger partial charge in [0.05, 0.1) is 0 Å². The van der Waals surface area contributed by atoms with Crippen molar-refractivity contribution in [3.8, 4) is 11.8 Å². The van der Waals surface area contributed by atoms with Gasteiger partial charge in [0.15, 0.2) is 0 Å². The highest BCUT2D eigenvalue weighted by Crippen LogP contribution is 2.47. The lowest BCUT2D eigenvalue weighted by molar-refractivity contribution is -0.138. The van der Waals surface area contributed by atoms with Crippen LogP contribution in [0.3, 0.4) is 0 Å². The minimum absolute atomic E-state index is 0.0210. The van der Waals surface area contributed by atoms with Crippen molar-refractivity contribution in [1.29, 1.82) is 0 Å². The van der Waals surface area contributed by atoms with Gasteiger partial charge < -0.3 is 0 Å². The number of ketones is 2. The number of carbonyl (C=O) groups is 2. The van der Waals surface area contributed by atoms with E-state index in [-0.39, 0.29) is 17.0 Å². The zero-order valence-electron chi connectivity index (χ0n) is 18.0. The summed E-state index contributed by atoms with van der Waals surface area (Å²) in [4.78, 5) is 26.4. The standard InChI is InChI=1S/C23H30N2O3S/c1-6-7-18-12-16(2)21(17(3)13-18)22-19(26)14-23(15-20(22)27)8-10-25(11-9-23)29(5,28)24-4/h12-13,22H,8-11,14-15H2,1-5H3. The number of piperidine rings is 1. The first-order chi connectivity index (χ1) is 13.6. The fourth-order valence-electron chi connectivity index (χ4n) is 4.92. The SMILES string of the molecule is CC#Cc1cc(C)c(C2C(=O)CC3(CCN(S(C)(=O)=NC)CC3)CC2=O)c(C)c1. The first kappa shape index (κ1) is 21.7. The van der Waals surface area contributed by atoms with Crippen molar-refractivity contribution >= 4 is 21.5 Å². The molecule has 1 aliphatic carbocycles. The molecule has 2 fully saturated rings. The Morgan fingerprint density at radius 3 is 2.07 bits per heavy atom. The van der Waals surface area contributed by atoms with E-state index in [0.29, 0.717) is 38.8 Å². The van der Waals surface area contributed by atoms with Gasteiger partial charge in [-0.3, -0.25) is 9.59 Å². The van der Waals surface area contributed by atoms with Crippen LogP contribution in [-0.4, -0.2) is 46.5 Å². The second kappa shape index (κ2) is 8.04. The number of carbonyl (C=O) groups excluding carboxylic acids is 2. The Morgan fingerprint density at radius 2 is 1.62 bits per heavy atom. The van der Waals surface area contributed by atoms with Crippen LogP contribution in [0.4, 0.5) is 0 Å². The summed E-state index contributed by atoms with van der Waals surface area (Å²) in [5, 5.41) is 0. The monoisotopic (exact) mass is 414 g/mol. The predicted molar refractivity (Wildman–Crippen MR) is 116 cm³/mol. The molecule has 1 aromatic rings. The Balaban J connectivity index is 1.84. The van der Waals surface area contributed by atoms with Gasteiger partial charge in [0.25, 0.3) is 0 Å². The normalized spacial score (nSPS) is 22.1. The van der Waals surface area contributed by atoms with Gasteiger partial charge in [-0.25, -0.2) is 12.9 Å². The second-order valence-electron chi connectivity index (χ2n) is 8.49. The number of Topliss-reactive ketones (excluding diaryl/α,β-unsaturated/α-hetero) is 2. The van der Waals surface area contributed by atoms with Gasteiger partial charge in [-0.1, -0.05) is 5.92 Å². The van der Waals surface area contributed by atoms with Crippen LogP contribution in [0.5, 0.6) is 0 Å². The molecule has 2 aliphatic rings. The third kappa shape index (κ3) is 4.17. The zero-order valence-corrected chi connectivity index (χ0v) is 18.8. The van der Waals surface area contributed by atoms with Gasteiger partial charge in [-0.05, 0) is 67.9 Å². The van der Waals surface area contributed by atoms with Crippen molar-refractivity contribution in [2.45, 2.75) is 52.4 Å². The summed E-state index contributed by atoms with van der Waals surface area (Å²) < 4.78 is 18.4. The Bertz CT molecular complexity index is 987. The molecule has 1 aliphatic heterocycles. The highest BCUT2D eigenvalue weighted by Gasteiger charge is 2.47. The maximum absolute atomic E-state index is 13.2. The first-order valence-electron chi connectivity index (χ1n) is 10.1. The van der Waals surface area contributed by atoms with E-state index in [1.165, 1.54) is 0 Å². The molecule has 3 rings (SSSR count). The van der Waals surface area contributed by atoms with Gasteiger partial charge in [0.2, 0.25) is 0 Å². The fourth-order valence-corrected chi connectivity index (χ4v) is 6.01. The van der Waals surface area contributed by atoms with E-state index >= 15 is 0 Å². The van der Waals surface area contributed by atoms with Gasteiger partial charge in [0.1, 0.15) is 27.4 Å². The molecule has 1 saturated heterocycles. The maximum atomic E-state index is 13.2. The number of hydrogen-bond acceptors (Lipinski definition) is 4. The summed E-state index contributed by atoms with van der Waals surface area (Å²) >= 11 is 0. The molecule has 1 unspecified atom stereocenters. The Hall–Kier alpha value is -1.97. The van der Waals surface area contributed by atoms with Crippen LogP contribution in [0.2, 0.25) is 0 Å². The molecule has 0 N–H and O–H groups in total. The molecular formula is C23H30N2O3S. The van der Waals surface area contributed by atoms with E-state index in [2.05, 4.69) is 16.2 Å². The minimum Gasteiger partial charge on any atom is -0.299 e. The van der Waals surface area contributed by atoms with Crippen LogP contribution >= 0.6 is 0 Å². The molecule has 0 aromatic heterocycles. The summed E-state index contributed by atoms with van der Waals surface area (Å²) in [6.07, 6.45) is 3.90. The van der Waals surface area contributed by atoms with Crippen molar-refractivity contribution in [2.24, 2.45) is 9.78 Å². The Morgan fingerprint density at radius 1 is 1.10 bits per heavy atom. The van der Waals surface area contributed by atoms with E-state index in [4.69, 9.17) is 0 Å². The Kier molecular flexibility index (Phi) is 6.03. The van der Waals surface area contributed by atoms with Gasteiger partial charge in [-0.2, -0.15) is 0 Å². The molecule has 0 radical (unpaired) electrons. The van der Waals surface area contributed by atoms with Gasteiger partial charge in [0, 0.05) is 44.8 Å². The Labute approximate surface area is 174 Å². The molecule has 1 saturated carbocycles. The average molecular weight is 415 g/mol. The summed E-state index contributed by atoms with van der Waals surface area (Å²) in [5.74, 6) is 5.33. The van der Waals surface area contributed by atoms with E-state index in [1.807, 2.05) is 30.3 Å². The maximum Gasteiger partial charge on any atom is 0.148 e. The first-order valence-corrected chi connectivity index (χ1v) is 12.0. The minimum atomic E-state index is -2.35. The summed E-state index contributed by atoms with van der Waals surface area (Å²) in [7, 11) is -0.774. The van der Waals surface area contributed by atoms with E-state index in [0.717, 1.165) is 22.3 Å². The van der Waals surface area contributed by atoms with Crippen LogP contribution in [-0.2, 0) is 19.5 Å². The molecule has 1 atom stereocenters. The molecule has 1 aromatic carbocycles. The quantitative estimate of drug-likeness (QED) is 0.550. The number of rotatable bonds is 2. The van der Waals surface area contributed by atoms with Crippen LogP contribution in [0, 0.1) is 31.1 Å². The summed E-state index contributed by atoms with van der Waals surface area (Å²) in [6.45, 7) is 6.93. The molecule has 1 heterocycles. The van der Waals surface area contributed by atoms with E-state index in [1.54, 1.807) is 20.2 Å². The predicted octanol–water partition coefficient (Wildman–Crippen LogP) is 3.42. The largest absolute Gasteiger partial charge is 0.299 e. The lowest BCUT2D eigenvalue weighted by Gasteiger charge is -2.44. The summed E-state index contributed by atoms with van der Waals surface area (Å²) in [6, 6.07) is 3.93. The lowest BCUT2D eigenvalue weighted by atomic mass is 9.63. The van der Waals surface area contributed by atoms with Crippen molar-refractivity contribution < 1.29 is 13.8 Å². The topological polar surface area (TPSA) is 66.8 Å². The molecule has 156 valence electrons. The third-order valence-corrected chi connectivity index (χ3v) is 8.50. The van der Waals surface area contributed by atoms with E-state index < -0.39 is 15.8 Å². The van der Waals surface area contributed by atoms with Crippen molar-refractivity contribution in [3.05, 3.63) is 34.4 Å². The average Bonchev–Trinajstić information content (AvgIpc) is 2.64. The van der Waals surface area contributed by atoms with E-state index in [9.17, 15) is 13.8 Å². The molecule has 1 spiro atoms. The highest BCUT2D eigenvalue weighted by molar-refractivity contribution is 7.90. The van der Waals surface area contributed by atoms with Crippen molar-refractivity contribution in [2.75, 3.05) is 26.4 Å². The molecule has 29 heavy (non-hydrogen) atoms. The number of aryl methyl sites for hydroxylation is 2. The highest BCUT2D eigenvalue weighted by atomic mass is 32.2. The van der Waals surface area contributed by atoms with Gasteiger partial charge in [-0.15, -0.1) is 5.92 Å². The molecule has 5 nitrogen and oxygen atoms in total. The van der Waals surface area contributed by atoms with Gasteiger partial charge >= 0.3 is 0 Å². The molecule has 0 bridgehead atoms. The van der Waals surface area contributed by atoms with Crippen LogP contribution < -0.4 is 0 Å². The van der Waals surface area contributed by atoms with Crippen molar-refractivity contribution in [1.82, 2.24) is 4.31 Å². The molecule has 0 amide bonds.